The third-order valence-corrected chi connectivity index (χ3v) is 11.8. The van der Waals surface area contributed by atoms with Gasteiger partial charge in [-0.05, 0) is 70.0 Å². The van der Waals surface area contributed by atoms with Gasteiger partial charge in [-0.15, -0.1) is 0 Å². The maximum Gasteiger partial charge on any atom is 0.329 e. The number of nitrogens with zero attached hydrogens (tertiary/aromatic N) is 9. The van der Waals surface area contributed by atoms with Gasteiger partial charge in [0, 0.05) is 57.6 Å². The van der Waals surface area contributed by atoms with Crippen LogP contribution in [0.1, 0.15) is 85.9 Å². The number of carbonyl (C=O) groups excluding carboxylic acids is 3. The molecule has 3 fully saturated rings. The molecule has 6 heterocycles. The molecule has 56 heavy (non-hydrogen) atoms. The van der Waals surface area contributed by atoms with E-state index in [1.807, 2.05) is 18.2 Å². The molecule has 296 valence electrons. The van der Waals surface area contributed by atoms with Crippen molar-refractivity contribution in [3.63, 3.8) is 0 Å². The van der Waals surface area contributed by atoms with E-state index in [9.17, 15) is 28.0 Å². The van der Waals surface area contributed by atoms with Crippen LogP contribution in [-0.2, 0) is 16.6 Å². The van der Waals surface area contributed by atoms with E-state index in [-0.39, 0.29) is 47.4 Å². The number of para-hydroxylation sites is 1. The summed E-state index contributed by atoms with van der Waals surface area (Å²) in [6.45, 7) is 2.55. The van der Waals surface area contributed by atoms with Crippen LogP contribution >= 0.6 is 0 Å². The molecule has 16 nitrogen and oxygen atoms in total. The van der Waals surface area contributed by atoms with Crippen LogP contribution in [0.2, 0.25) is 0 Å². The number of benzene rings is 1. The monoisotopic (exact) mass is 773 g/mol. The first-order chi connectivity index (χ1) is 27.0. The Labute approximate surface area is 320 Å². The van der Waals surface area contributed by atoms with E-state index in [0.29, 0.717) is 23.4 Å². The number of rotatable bonds is 10. The first-order valence-corrected chi connectivity index (χ1v) is 19.1. The molecule has 0 spiro atoms. The topological polar surface area (TPSA) is 166 Å². The second kappa shape index (κ2) is 15.1. The van der Waals surface area contributed by atoms with Gasteiger partial charge < -0.3 is 19.9 Å². The van der Waals surface area contributed by atoms with E-state index in [2.05, 4.69) is 42.7 Å². The molecule has 1 aliphatic carbocycles. The summed E-state index contributed by atoms with van der Waals surface area (Å²) < 4.78 is 39.6. The van der Waals surface area contributed by atoms with Crippen molar-refractivity contribution in [3.05, 3.63) is 64.6 Å². The van der Waals surface area contributed by atoms with Crippen LogP contribution < -0.4 is 26.0 Å². The maximum atomic E-state index is 14.1. The first kappa shape index (κ1) is 37.3. The van der Waals surface area contributed by atoms with Crippen molar-refractivity contribution in [3.8, 4) is 5.88 Å². The quantitative estimate of drug-likeness (QED) is 0.198. The number of anilines is 2. The van der Waals surface area contributed by atoms with E-state index in [4.69, 9.17) is 4.74 Å². The third kappa shape index (κ3) is 6.90. The van der Waals surface area contributed by atoms with E-state index >= 15 is 0 Å². The molecule has 2 aliphatic heterocycles. The predicted octanol–water partition coefficient (Wildman–Crippen LogP) is 4.09. The largest absolute Gasteiger partial charge is 0.481 e. The average Bonchev–Trinajstić information content (AvgIpc) is 3.89. The van der Waals surface area contributed by atoms with Gasteiger partial charge in [-0.1, -0.05) is 6.07 Å². The number of hydrogen-bond donors (Lipinski definition) is 2. The molecule has 8 rings (SSSR count). The molecule has 18 heteroatoms. The number of fused-ring (bicyclic) bond motifs is 2. The highest BCUT2D eigenvalue weighted by Gasteiger charge is 2.34. The molecule has 4 aromatic heterocycles. The fourth-order valence-corrected chi connectivity index (χ4v) is 8.76. The number of hydrogen-bond acceptors (Lipinski definition) is 10. The van der Waals surface area contributed by atoms with E-state index in [1.54, 1.807) is 28.6 Å². The number of nitrogens with one attached hydrogen (secondary N) is 2. The Balaban J connectivity index is 0.868. The third-order valence-electron chi connectivity index (χ3n) is 11.8. The normalized spacial score (nSPS) is 21.1. The van der Waals surface area contributed by atoms with Crippen molar-refractivity contribution in [2.75, 3.05) is 44.0 Å². The minimum absolute atomic E-state index is 0.0363. The van der Waals surface area contributed by atoms with Crippen LogP contribution in [0.5, 0.6) is 5.88 Å². The van der Waals surface area contributed by atoms with Gasteiger partial charge in [-0.2, -0.15) is 15.2 Å². The Bertz CT molecular complexity index is 2350. The smallest absolute Gasteiger partial charge is 0.329 e. The fourth-order valence-electron chi connectivity index (χ4n) is 8.76. The highest BCUT2D eigenvalue weighted by molar-refractivity contribution is 6.08. The molecule has 0 radical (unpaired) electrons. The zero-order valence-corrected chi connectivity index (χ0v) is 31.5. The summed E-state index contributed by atoms with van der Waals surface area (Å²) in [6.07, 6.45) is 7.36. The van der Waals surface area contributed by atoms with Crippen molar-refractivity contribution in [1.82, 2.24) is 43.7 Å². The number of aryl methyl sites for hydroxylation is 1. The van der Waals surface area contributed by atoms with Gasteiger partial charge in [0.05, 0.1) is 41.8 Å². The minimum Gasteiger partial charge on any atom is -0.481 e. The summed E-state index contributed by atoms with van der Waals surface area (Å²) in [4.78, 5) is 60.1. The summed E-state index contributed by atoms with van der Waals surface area (Å²) in [5, 5.41) is 13.4. The predicted molar refractivity (Wildman–Crippen MR) is 202 cm³/mol. The number of halogens is 2. The van der Waals surface area contributed by atoms with Gasteiger partial charge in [-0.3, -0.25) is 33.5 Å². The molecule has 1 atom stereocenters. The minimum atomic E-state index is -2.87. The zero-order valence-electron chi connectivity index (χ0n) is 31.5. The number of aromatic nitrogens is 7. The maximum absolute atomic E-state index is 14.1. The Morgan fingerprint density at radius 1 is 1.07 bits per heavy atom. The number of carbonyl (C=O) groups is 3. The van der Waals surface area contributed by atoms with Crippen molar-refractivity contribution >= 4 is 45.8 Å². The average molecular weight is 774 g/mol. The van der Waals surface area contributed by atoms with Crippen LogP contribution in [0, 0.1) is 5.92 Å². The molecule has 2 saturated heterocycles. The number of methoxy groups -OCH3 is 1. The molecule has 3 aliphatic rings. The van der Waals surface area contributed by atoms with Gasteiger partial charge in [0.1, 0.15) is 11.6 Å². The molecule has 0 bridgehead atoms. The fraction of sp³-hybridized carbons (Fsp3) is 0.500. The van der Waals surface area contributed by atoms with Gasteiger partial charge in [0.15, 0.2) is 11.3 Å². The number of alkyl halides is 2. The molecular formula is C38H45F2N11O5. The number of ether oxygens (including phenoxy) is 1. The standard InChI is InChI=1S/C38H45F2N11O5/c1-46(23-13-16-48(17-14-23)27-5-4-6-28-33(27)47(2)38(55)51(28)29-11-12-30(52)43-37(29)54)20-22-7-9-24(10-8-22)50-21-26(32(45-50)34(39)40)42-36(53)25-19-41-49-18-15-31(56-3)44-35(25)49/h4-6,15,18-19,21-24,29,34H,7-14,16-17,20H2,1-3H3,(H,42,53)(H,43,52,54)/t22-,24-,29?. The lowest BCUT2D eigenvalue weighted by Gasteiger charge is -2.40. The van der Waals surface area contributed by atoms with Gasteiger partial charge >= 0.3 is 5.69 Å². The van der Waals surface area contributed by atoms with Crippen LogP contribution in [0.25, 0.3) is 16.7 Å². The van der Waals surface area contributed by atoms with Crippen LogP contribution in [0.15, 0.2) is 47.7 Å². The van der Waals surface area contributed by atoms with E-state index in [1.165, 1.54) is 28.6 Å². The van der Waals surface area contributed by atoms with E-state index < -0.39 is 30.0 Å². The molecule has 1 saturated carbocycles. The summed E-state index contributed by atoms with van der Waals surface area (Å²) in [7, 11) is 5.36. The van der Waals surface area contributed by atoms with Crippen molar-refractivity contribution in [1.29, 1.82) is 0 Å². The Morgan fingerprint density at radius 2 is 1.84 bits per heavy atom. The molecule has 1 unspecified atom stereocenters. The Hall–Kier alpha value is -5.65. The SMILES string of the molecule is COc1ccn2ncc(C(=O)Nc3cn([C@H]4CC[C@H](CN(C)C5CCN(c6cccc7c6n(C)c(=O)n7C6CCC(=O)NC6=O)CC5)CC4)nc3C(F)F)c2n1. The summed E-state index contributed by atoms with van der Waals surface area (Å²) in [5.41, 5.74) is 2.00. The zero-order chi connectivity index (χ0) is 39.2. The molecule has 1 aromatic carbocycles. The second-order valence-corrected chi connectivity index (χ2v) is 15.1. The van der Waals surface area contributed by atoms with Crippen molar-refractivity contribution in [2.45, 2.75) is 75.9 Å². The number of amides is 3. The van der Waals surface area contributed by atoms with Crippen LogP contribution in [-0.4, -0.2) is 96.0 Å². The van der Waals surface area contributed by atoms with Gasteiger partial charge in [0.2, 0.25) is 17.7 Å². The van der Waals surface area contributed by atoms with E-state index in [0.717, 1.165) is 69.4 Å². The Kier molecular flexibility index (Phi) is 10.1. The lowest BCUT2D eigenvalue weighted by molar-refractivity contribution is -0.135. The second-order valence-electron chi connectivity index (χ2n) is 15.1. The van der Waals surface area contributed by atoms with Gasteiger partial charge in [0.25, 0.3) is 12.3 Å². The molecule has 5 aromatic rings. The van der Waals surface area contributed by atoms with Crippen LogP contribution in [0.4, 0.5) is 20.2 Å². The highest BCUT2D eigenvalue weighted by atomic mass is 19.3. The number of imidazole rings is 1. The lowest BCUT2D eigenvalue weighted by atomic mass is 9.85. The first-order valence-electron chi connectivity index (χ1n) is 19.1. The summed E-state index contributed by atoms with van der Waals surface area (Å²) in [5.74, 6) is -0.639. The van der Waals surface area contributed by atoms with Crippen molar-refractivity contribution in [2.24, 2.45) is 13.0 Å². The van der Waals surface area contributed by atoms with Gasteiger partial charge in [-0.25, -0.2) is 18.1 Å². The van der Waals surface area contributed by atoms with Crippen molar-refractivity contribution < 1.29 is 27.9 Å². The number of imide groups is 1. The summed E-state index contributed by atoms with van der Waals surface area (Å²) in [6, 6.07) is 7.00. The lowest BCUT2D eigenvalue weighted by Crippen LogP contribution is -2.45. The Morgan fingerprint density at radius 3 is 2.55 bits per heavy atom. The summed E-state index contributed by atoms with van der Waals surface area (Å²) >= 11 is 0. The number of piperidine rings is 2. The highest BCUT2D eigenvalue weighted by Crippen LogP contribution is 2.37. The molecular weight excluding hydrogens is 728 g/mol. The molecule has 2 N–H and O–H groups in total. The molecule has 3 amide bonds. The van der Waals surface area contributed by atoms with Crippen LogP contribution in [0.3, 0.4) is 0 Å².